The van der Waals surface area contributed by atoms with Crippen LogP contribution in [-0.2, 0) is 14.3 Å². The number of aliphatic hydroxyl groups is 4. The first-order valence-electron chi connectivity index (χ1n) is 24.3. The number of hydrogen-bond donors (Lipinski definition) is 6. The molecule has 12 unspecified atom stereocenters. The fourth-order valence-electron chi connectivity index (χ4n) is 17.7. The van der Waals surface area contributed by atoms with Crippen LogP contribution >= 0.6 is 0 Å². The van der Waals surface area contributed by atoms with Gasteiger partial charge in [0.05, 0.1) is 31.5 Å². The number of hydrogen-bond acceptors (Lipinski definition) is 8. The van der Waals surface area contributed by atoms with Gasteiger partial charge in [-0.15, -0.1) is 0 Å². The van der Waals surface area contributed by atoms with Crippen LogP contribution in [0.5, 0.6) is 0 Å². The number of carbonyl (C=O) groups excluding carboxylic acids is 2. The molecule has 0 saturated heterocycles. The van der Waals surface area contributed by atoms with E-state index in [0.717, 1.165) is 89.9 Å². The average Bonchev–Trinajstić information content (AvgIpc) is 3.80. The highest BCUT2D eigenvalue weighted by atomic mass is 16.5. The molecule has 0 aromatic heterocycles. The number of carbonyl (C=O) groups is 2. The molecule has 22 atom stereocenters. The van der Waals surface area contributed by atoms with Crippen molar-refractivity contribution in [3.05, 3.63) is 0 Å². The van der Waals surface area contributed by atoms with Crippen LogP contribution in [-0.4, -0.2) is 83.0 Å². The van der Waals surface area contributed by atoms with Crippen molar-refractivity contribution < 1.29 is 34.8 Å². The second kappa shape index (κ2) is 16.5. The minimum absolute atomic E-state index is 0.0465. The third kappa shape index (κ3) is 7.15. The molecule has 1 amide bonds. The molecule has 0 bridgehead atoms. The van der Waals surface area contributed by atoms with Gasteiger partial charge >= 0.3 is 5.97 Å². The van der Waals surface area contributed by atoms with Crippen molar-refractivity contribution in [1.82, 2.24) is 10.6 Å². The van der Waals surface area contributed by atoms with Gasteiger partial charge in [-0.3, -0.25) is 9.59 Å². The van der Waals surface area contributed by atoms with Gasteiger partial charge in [0.15, 0.2) is 0 Å². The highest BCUT2D eigenvalue weighted by Crippen LogP contribution is 2.69. The van der Waals surface area contributed by atoms with Crippen LogP contribution in [0.15, 0.2) is 0 Å². The standard InChI is InChI=1S/C49H82N2O7/c1-26(9-15-43(57)58-7)32-10-11-33-44(32)40(54)24-36-45(33)38(52)22-29-21-31(17-19-47(29,36)3)51-42(56)14-8-27(2)34-12-13-35-46-37(25-41(55)49(34,35)5)48(4)18-16-30(50-6)20-28(48)23-39(46)53/h26-41,44-46,50,52-55H,8-25H2,1-7H3,(H,51,56)/t26?,27?,28-,29-,30+,31+,32?,33+,34?,35-,36?,37?,38-,39-,40?,41?,44?,45+,46+,47?,48?,49?/m0/s1. The van der Waals surface area contributed by atoms with Crippen LogP contribution in [0.4, 0.5) is 0 Å². The molecule has 58 heavy (non-hydrogen) atoms. The van der Waals surface area contributed by atoms with E-state index in [9.17, 15) is 30.0 Å². The molecule has 0 spiro atoms. The van der Waals surface area contributed by atoms with Crippen molar-refractivity contribution in [1.29, 1.82) is 0 Å². The van der Waals surface area contributed by atoms with Crippen LogP contribution < -0.4 is 10.6 Å². The van der Waals surface area contributed by atoms with Gasteiger partial charge in [0, 0.05) is 24.9 Å². The highest BCUT2D eigenvalue weighted by molar-refractivity contribution is 5.76. The van der Waals surface area contributed by atoms with Crippen LogP contribution in [0.3, 0.4) is 0 Å². The van der Waals surface area contributed by atoms with Gasteiger partial charge in [0.2, 0.25) is 5.91 Å². The maximum atomic E-state index is 13.7. The quantitative estimate of drug-likeness (QED) is 0.131. The van der Waals surface area contributed by atoms with Crippen LogP contribution in [0, 0.1) is 93.2 Å². The predicted octanol–water partition coefficient (Wildman–Crippen LogP) is 6.88. The largest absolute Gasteiger partial charge is 0.469 e. The molecule has 9 heteroatoms. The first kappa shape index (κ1) is 43.4. The Morgan fingerprint density at radius 1 is 0.672 bits per heavy atom. The van der Waals surface area contributed by atoms with Gasteiger partial charge in [-0.25, -0.2) is 0 Å². The molecule has 0 aromatic rings. The summed E-state index contributed by atoms with van der Waals surface area (Å²) in [5.74, 6) is 4.13. The SMILES string of the molecule is CN[C@@H]1CCC2(C)C3CC(O)C4(C)C(C(C)CCC(=O)N[C@@H]5CCC6(C)C7CC(O)C8C(C(C)CCC(=O)OC)CC[C@H]8[C@H]7[C@@H](O)C[C@@H]6C5)CC[C@H]4[C@H]3[C@@H](O)C[C@@H]2C1. The number of methoxy groups -OCH3 is 1. The summed E-state index contributed by atoms with van der Waals surface area (Å²) in [6, 6.07) is 0.646. The van der Waals surface area contributed by atoms with E-state index >= 15 is 0 Å². The fraction of sp³-hybridized carbons (Fsp3) is 0.959. The highest BCUT2D eigenvalue weighted by Gasteiger charge is 2.66. The van der Waals surface area contributed by atoms with E-state index in [0.29, 0.717) is 72.1 Å². The van der Waals surface area contributed by atoms with Gasteiger partial charge in [-0.1, -0.05) is 34.6 Å². The van der Waals surface area contributed by atoms with Crippen molar-refractivity contribution >= 4 is 11.9 Å². The molecule has 8 aliphatic rings. The molecule has 8 rings (SSSR count). The molecular formula is C49H82N2O7. The van der Waals surface area contributed by atoms with Crippen molar-refractivity contribution in [2.75, 3.05) is 14.2 Å². The molecule has 0 aliphatic heterocycles. The fourth-order valence-corrected chi connectivity index (χ4v) is 17.7. The maximum Gasteiger partial charge on any atom is 0.305 e. The summed E-state index contributed by atoms with van der Waals surface area (Å²) < 4.78 is 4.90. The predicted molar refractivity (Wildman–Crippen MR) is 225 cm³/mol. The molecule has 0 heterocycles. The molecule has 8 aliphatic carbocycles. The summed E-state index contributed by atoms with van der Waals surface area (Å²) in [6.07, 6.45) is 14.9. The number of esters is 1. The summed E-state index contributed by atoms with van der Waals surface area (Å²) in [5, 5.41) is 54.5. The zero-order valence-corrected chi connectivity index (χ0v) is 37.2. The Morgan fingerprint density at radius 2 is 1.28 bits per heavy atom. The third-order valence-electron chi connectivity index (χ3n) is 21.0. The third-order valence-corrected chi connectivity index (χ3v) is 21.0. The van der Waals surface area contributed by atoms with E-state index in [1.54, 1.807) is 0 Å². The number of aliphatic hydroxyl groups excluding tert-OH is 4. The number of rotatable bonds is 10. The molecule has 0 aromatic carbocycles. The summed E-state index contributed by atoms with van der Waals surface area (Å²) in [7, 11) is 3.51. The Hall–Kier alpha value is -1.26. The number of amides is 1. The topological polar surface area (TPSA) is 148 Å². The van der Waals surface area contributed by atoms with Crippen molar-refractivity contribution in [2.45, 2.75) is 187 Å². The monoisotopic (exact) mass is 811 g/mol. The lowest BCUT2D eigenvalue weighted by Crippen LogP contribution is -2.62. The Kier molecular flexibility index (Phi) is 12.3. The van der Waals surface area contributed by atoms with Gasteiger partial charge in [0.25, 0.3) is 0 Å². The molecule has 0 radical (unpaired) electrons. The van der Waals surface area contributed by atoms with E-state index in [4.69, 9.17) is 4.74 Å². The minimum Gasteiger partial charge on any atom is -0.469 e. The lowest BCUT2D eigenvalue weighted by molar-refractivity contribution is -0.202. The second-order valence-corrected chi connectivity index (χ2v) is 23.0. The molecule has 9 nitrogen and oxygen atoms in total. The molecule has 6 N–H and O–H groups in total. The van der Waals surface area contributed by atoms with Crippen molar-refractivity contribution in [3.8, 4) is 0 Å². The summed E-state index contributed by atoms with van der Waals surface area (Å²) in [6.45, 7) is 11.8. The summed E-state index contributed by atoms with van der Waals surface area (Å²) in [5.41, 5.74) is -0.000440. The Bertz CT molecular complexity index is 1490. The van der Waals surface area contributed by atoms with Crippen LogP contribution in [0.25, 0.3) is 0 Å². The molecule has 8 fully saturated rings. The molecule has 8 saturated carbocycles. The first-order chi connectivity index (χ1) is 27.5. The minimum atomic E-state index is -0.378. The summed E-state index contributed by atoms with van der Waals surface area (Å²) in [4.78, 5) is 25.6. The smallest absolute Gasteiger partial charge is 0.305 e. The summed E-state index contributed by atoms with van der Waals surface area (Å²) >= 11 is 0. The lowest BCUT2D eigenvalue weighted by atomic mass is 9.43. The van der Waals surface area contributed by atoms with E-state index in [-0.39, 0.29) is 82.3 Å². The van der Waals surface area contributed by atoms with Crippen LogP contribution in [0.1, 0.15) is 150 Å². The van der Waals surface area contributed by atoms with Crippen LogP contribution in [0.2, 0.25) is 0 Å². The van der Waals surface area contributed by atoms with Crippen molar-refractivity contribution in [3.63, 3.8) is 0 Å². The average molecular weight is 811 g/mol. The Labute approximate surface area is 350 Å². The first-order valence-corrected chi connectivity index (χ1v) is 24.3. The van der Waals surface area contributed by atoms with E-state index < -0.39 is 0 Å². The normalized spacial score (nSPS) is 51.8. The van der Waals surface area contributed by atoms with E-state index in [1.807, 2.05) is 0 Å². The van der Waals surface area contributed by atoms with Gasteiger partial charge in [-0.2, -0.15) is 0 Å². The lowest BCUT2D eigenvalue weighted by Gasteiger charge is -2.63. The molecule has 330 valence electrons. The van der Waals surface area contributed by atoms with Gasteiger partial charge < -0.3 is 35.8 Å². The van der Waals surface area contributed by atoms with E-state index in [1.165, 1.54) is 20.0 Å². The molecular weight excluding hydrogens is 729 g/mol. The maximum absolute atomic E-state index is 13.7. The van der Waals surface area contributed by atoms with E-state index in [2.05, 4.69) is 52.3 Å². The second-order valence-electron chi connectivity index (χ2n) is 23.0. The Morgan fingerprint density at radius 3 is 1.95 bits per heavy atom. The van der Waals surface area contributed by atoms with Crippen molar-refractivity contribution in [2.24, 2.45) is 93.2 Å². The van der Waals surface area contributed by atoms with Gasteiger partial charge in [0.1, 0.15) is 0 Å². The zero-order valence-electron chi connectivity index (χ0n) is 37.2. The number of nitrogens with one attached hydrogen (secondary N) is 2. The van der Waals surface area contributed by atoms with Gasteiger partial charge in [-0.05, 0) is 203 Å². The Balaban J connectivity index is 0.852. The number of ether oxygens (including phenoxy) is 1. The zero-order chi connectivity index (χ0) is 41.5. The number of fused-ring (bicyclic) bond motifs is 10.